The van der Waals surface area contributed by atoms with Gasteiger partial charge in [-0.15, -0.1) is 0 Å². The fraction of sp³-hybridized carbons (Fsp3) is 0.906. The molecular weight excluding hydrogens is 430 g/mol. The van der Waals surface area contributed by atoms with Gasteiger partial charge in [0, 0.05) is 19.7 Å². The molecule has 0 aliphatic heterocycles. The number of carbonyl (C=O) groups is 1. The van der Waals surface area contributed by atoms with Gasteiger partial charge in [0.2, 0.25) is 5.91 Å². The van der Waals surface area contributed by atoms with E-state index in [4.69, 9.17) is 5.11 Å². The second kappa shape index (κ2) is 29.4. The molecule has 0 saturated heterocycles. The van der Waals surface area contributed by atoms with Crippen LogP contribution in [-0.4, -0.2) is 35.6 Å². The van der Waals surface area contributed by atoms with Crippen LogP contribution >= 0.6 is 0 Å². The van der Waals surface area contributed by atoms with Crippen LogP contribution in [0.15, 0.2) is 12.2 Å². The van der Waals surface area contributed by atoms with Crippen molar-refractivity contribution in [1.82, 2.24) is 4.90 Å². The van der Waals surface area contributed by atoms with Gasteiger partial charge in [0.05, 0.1) is 0 Å². The maximum absolute atomic E-state index is 12.9. The van der Waals surface area contributed by atoms with Gasteiger partial charge in [-0.05, 0) is 38.2 Å². The first-order valence-corrected chi connectivity index (χ1v) is 15.8. The monoisotopic (exact) mass is 493 g/mol. The third kappa shape index (κ3) is 26.1. The third-order valence-corrected chi connectivity index (χ3v) is 7.16. The molecule has 0 spiro atoms. The molecule has 0 aliphatic rings. The molecule has 0 fully saturated rings. The maximum Gasteiger partial charge on any atom is 0.246 e. The van der Waals surface area contributed by atoms with Crippen LogP contribution in [0, 0.1) is 0 Å². The summed E-state index contributed by atoms with van der Waals surface area (Å²) in [7, 11) is 0. The maximum atomic E-state index is 12.9. The molecule has 35 heavy (non-hydrogen) atoms. The lowest BCUT2D eigenvalue weighted by Crippen LogP contribution is -2.31. The number of hydrogen-bond donors (Lipinski definition) is 1. The number of amides is 1. The topological polar surface area (TPSA) is 40.5 Å². The fourth-order valence-corrected chi connectivity index (χ4v) is 4.75. The minimum atomic E-state index is 0.236. The van der Waals surface area contributed by atoms with Crippen molar-refractivity contribution in [3.8, 4) is 0 Å². The zero-order valence-corrected chi connectivity index (χ0v) is 24.0. The van der Waals surface area contributed by atoms with Crippen LogP contribution in [0.1, 0.15) is 168 Å². The number of carbonyl (C=O) groups excluding carboxylic acids is 1. The number of unbranched alkanes of at least 4 members (excludes halogenated alkanes) is 21. The van der Waals surface area contributed by atoms with Crippen LogP contribution in [0.5, 0.6) is 0 Å². The highest BCUT2D eigenvalue weighted by Crippen LogP contribution is 2.12. The lowest BCUT2D eigenvalue weighted by molar-refractivity contribution is -0.126. The lowest BCUT2D eigenvalue weighted by Gasteiger charge is -2.21. The third-order valence-electron chi connectivity index (χ3n) is 7.16. The van der Waals surface area contributed by atoms with Crippen molar-refractivity contribution in [2.75, 3.05) is 19.7 Å². The first-order valence-electron chi connectivity index (χ1n) is 15.8. The SMILES string of the molecule is CCCCCCCCCCN(CCCCCCCCCC)C(=O)C=CCCCCCCCCCO. The van der Waals surface area contributed by atoms with Crippen LogP contribution in [0.25, 0.3) is 0 Å². The van der Waals surface area contributed by atoms with Crippen LogP contribution in [0.2, 0.25) is 0 Å². The number of aliphatic hydroxyl groups excluding tert-OH is 1. The molecule has 0 aromatic heterocycles. The van der Waals surface area contributed by atoms with E-state index in [-0.39, 0.29) is 5.91 Å². The van der Waals surface area contributed by atoms with Gasteiger partial charge in [0.1, 0.15) is 0 Å². The van der Waals surface area contributed by atoms with E-state index >= 15 is 0 Å². The van der Waals surface area contributed by atoms with E-state index in [1.54, 1.807) is 0 Å². The molecule has 3 nitrogen and oxygen atoms in total. The summed E-state index contributed by atoms with van der Waals surface area (Å²) in [4.78, 5) is 15.0. The largest absolute Gasteiger partial charge is 0.396 e. The molecule has 0 heterocycles. The molecule has 0 saturated carbocycles. The predicted octanol–water partition coefficient (Wildman–Crippen LogP) is 9.77. The molecular formula is C32H63NO2. The van der Waals surface area contributed by atoms with Gasteiger partial charge >= 0.3 is 0 Å². The van der Waals surface area contributed by atoms with Crippen molar-refractivity contribution in [3.05, 3.63) is 12.2 Å². The lowest BCUT2D eigenvalue weighted by atomic mass is 10.1. The van der Waals surface area contributed by atoms with E-state index < -0.39 is 0 Å². The van der Waals surface area contributed by atoms with Gasteiger partial charge in [-0.2, -0.15) is 0 Å². The highest BCUT2D eigenvalue weighted by Gasteiger charge is 2.10. The summed E-state index contributed by atoms with van der Waals surface area (Å²) in [5, 5.41) is 8.83. The van der Waals surface area contributed by atoms with Crippen molar-refractivity contribution in [2.24, 2.45) is 0 Å². The van der Waals surface area contributed by atoms with Gasteiger partial charge < -0.3 is 10.0 Å². The van der Waals surface area contributed by atoms with E-state index in [1.807, 2.05) is 6.08 Å². The van der Waals surface area contributed by atoms with E-state index in [0.29, 0.717) is 6.61 Å². The van der Waals surface area contributed by atoms with Crippen molar-refractivity contribution in [3.63, 3.8) is 0 Å². The van der Waals surface area contributed by atoms with E-state index in [0.717, 1.165) is 45.2 Å². The molecule has 0 aromatic rings. The zero-order valence-electron chi connectivity index (χ0n) is 24.0. The molecule has 0 atom stereocenters. The first kappa shape index (κ1) is 34.2. The molecule has 0 rings (SSSR count). The smallest absolute Gasteiger partial charge is 0.246 e. The highest BCUT2D eigenvalue weighted by atomic mass is 16.2. The number of rotatable bonds is 28. The Morgan fingerprint density at radius 2 is 0.914 bits per heavy atom. The fourth-order valence-electron chi connectivity index (χ4n) is 4.75. The number of nitrogens with zero attached hydrogens (tertiary/aromatic N) is 1. The predicted molar refractivity (Wildman–Crippen MR) is 155 cm³/mol. The summed E-state index contributed by atoms with van der Waals surface area (Å²) in [6.07, 6.45) is 34.4. The Morgan fingerprint density at radius 3 is 1.34 bits per heavy atom. The number of aliphatic hydroxyl groups is 1. The Kier molecular flexibility index (Phi) is 28.7. The molecule has 1 amide bonds. The minimum absolute atomic E-state index is 0.236. The summed E-state index contributed by atoms with van der Waals surface area (Å²) in [6.45, 7) is 6.74. The number of hydrogen-bond acceptors (Lipinski definition) is 2. The summed E-state index contributed by atoms with van der Waals surface area (Å²) in [5.41, 5.74) is 0. The molecule has 0 aliphatic carbocycles. The van der Waals surface area contributed by atoms with Crippen molar-refractivity contribution < 1.29 is 9.90 Å². The first-order chi connectivity index (χ1) is 17.3. The Bertz CT molecular complexity index is 429. The summed E-state index contributed by atoms with van der Waals surface area (Å²) in [6, 6.07) is 0. The van der Waals surface area contributed by atoms with Gasteiger partial charge in [-0.3, -0.25) is 4.79 Å². The van der Waals surface area contributed by atoms with Gasteiger partial charge in [0.15, 0.2) is 0 Å². The van der Waals surface area contributed by atoms with Crippen LogP contribution in [-0.2, 0) is 4.79 Å². The van der Waals surface area contributed by atoms with Gasteiger partial charge in [-0.1, -0.05) is 142 Å². The molecule has 0 unspecified atom stereocenters. The van der Waals surface area contributed by atoms with Crippen molar-refractivity contribution in [1.29, 1.82) is 0 Å². The summed E-state index contributed by atoms with van der Waals surface area (Å²) < 4.78 is 0. The summed E-state index contributed by atoms with van der Waals surface area (Å²) >= 11 is 0. The molecule has 1 N–H and O–H groups in total. The average molecular weight is 494 g/mol. The van der Waals surface area contributed by atoms with Gasteiger partial charge in [-0.25, -0.2) is 0 Å². The Balaban J connectivity index is 4.13. The quantitative estimate of drug-likeness (QED) is 0.0870. The van der Waals surface area contributed by atoms with Crippen LogP contribution in [0.3, 0.4) is 0 Å². The number of allylic oxidation sites excluding steroid dienone is 1. The standard InChI is InChI=1S/C32H63NO2/c1-3-5-7-9-11-17-21-25-29-33(30-26-22-18-12-10-8-6-4-2)32(35)28-24-20-16-14-13-15-19-23-27-31-34/h24,28,34H,3-23,25-27,29-31H2,1-2H3. The van der Waals surface area contributed by atoms with E-state index in [1.165, 1.54) is 122 Å². The van der Waals surface area contributed by atoms with Crippen molar-refractivity contribution >= 4 is 5.91 Å². The summed E-state index contributed by atoms with van der Waals surface area (Å²) in [5.74, 6) is 0.236. The van der Waals surface area contributed by atoms with Crippen LogP contribution < -0.4 is 0 Å². The Hall–Kier alpha value is -0.830. The van der Waals surface area contributed by atoms with E-state index in [2.05, 4.69) is 24.8 Å². The molecule has 0 bridgehead atoms. The van der Waals surface area contributed by atoms with Crippen molar-refractivity contribution in [2.45, 2.75) is 168 Å². The normalized spacial score (nSPS) is 11.5. The average Bonchev–Trinajstić information content (AvgIpc) is 2.86. The molecule has 3 heteroatoms. The highest BCUT2D eigenvalue weighted by molar-refractivity contribution is 5.87. The Labute approximate surface area is 220 Å². The van der Waals surface area contributed by atoms with Gasteiger partial charge in [0.25, 0.3) is 0 Å². The second-order valence-electron chi connectivity index (χ2n) is 10.7. The molecule has 0 radical (unpaired) electrons. The minimum Gasteiger partial charge on any atom is -0.396 e. The second-order valence-corrected chi connectivity index (χ2v) is 10.7. The van der Waals surface area contributed by atoms with Crippen LogP contribution in [0.4, 0.5) is 0 Å². The Morgan fingerprint density at radius 1 is 0.543 bits per heavy atom. The molecule has 0 aromatic carbocycles. The molecule has 208 valence electrons. The van der Waals surface area contributed by atoms with E-state index in [9.17, 15) is 4.79 Å². The zero-order chi connectivity index (χ0) is 25.7.